The zero-order valence-electron chi connectivity index (χ0n) is 22.5. The summed E-state index contributed by atoms with van der Waals surface area (Å²) in [6, 6.07) is 6.24. The Morgan fingerprint density at radius 3 is 2.45 bits per heavy atom. The molecule has 2 saturated heterocycles. The average Bonchev–Trinajstić information content (AvgIpc) is 3.30. The number of aromatic nitrogens is 2. The van der Waals surface area contributed by atoms with Crippen LogP contribution in [0.3, 0.4) is 0 Å². The summed E-state index contributed by atoms with van der Waals surface area (Å²) in [6.45, 7) is 10.5. The first kappa shape index (κ1) is 26.6. The number of pyridine rings is 1. The molecule has 4 heterocycles. The van der Waals surface area contributed by atoms with Crippen molar-refractivity contribution in [3.05, 3.63) is 53.4 Å². The monoisotopic (exact) mass is 527 g/mol. The maximum Gasteiger partial charge on any atom is 0.495 e. The van der Waals surface area contributed by atoms with Gasteiger partial charge in [0.1, 0.15) is 17.3 Å². The van der Waals surface area contributed by atoms with Gasteiger partial charge in [-0.2, -0.15) is 0 Å². The van der Waals surface area contributed by atoms with Gasteiger partial charge < -0.3 is 28.1 Å². The van der Waals surface area contributed by atoms with Crippen LogP contribution in [0.1, 0.15) is 39.0 Å². The van der Waals surface area contributed by atoms with Crippen molar-refractivity contribution in [2.24, 2.45) is 0 Å². The molecule has 2 aliphatic heterocycles. The normalized spacial score (nSPS) is 20.8. The van der Waals surface area contributed by atoms with Crippen molar-refractivity contribution >= 4 is 24.3 Å². The second-order valence-corrected chi connectivity index (χ2v) is 10.9. The third kappa shape index (κ3) is 4.67. The molecule has 0 unspecified atom stereocenters. The Kier molecular flexibility index (Phi) is 6.73. The first-order valence-corrected chi connectivity index (χ1v) is 12.7. The highest BCUT2D eigenvalue weighted by atomic mass is 19.1. The van der Waals surface area contributed by atoms with Gasteiger partial charge in [0.05, 0.1) is 54.5 Å². The number of nitrogens with zero attached hydrogens (tertiary/aromatic N) is 3. The minimum Gasteiger partial charge on any atom is -0.453 e. The Morgan fingerprint density at radius 2 is 1.82 bits per heavy atom. The SMILES string of the molecule is COC(=O)N1CCO[C@@H](Cc2c(-c3c(F)cc(B4OC(C)(C)C(C)(C)O4)cc3F)nc3cc(C)ccn23)C1. The van der Waals surface area contributed by atoms with E-state index in [-0.39, 0.29) is 29.7 Å². The Hall–Kier alpha value is -3.02. The fourth-order valence-electron chi connectivity index (χ4n) is 4.88. The minimum absolute atomic E-state index is 0.185. The molecule has 2 aliphatic rings. The molecule has 2 fully saturated rings. The number of ether oxygens (including phenoxy) is 2. The van der Waals surface area contributed by atoms with Crippen LogP contribution in [0.15, 0.2) is 30.5 Å². The fourth-order valence-corrected chi connectivity index (χ4v) is 4.88. The molecule has 0 N–H and O–H groups in total. The number of hydrogen-bond donors (Lipinski definition) is 0. The Bertz CT molecular complexity index is 1350. The largest absolute Gasteiger partial charge is 0.495 e. The van der Waals surface area contributed by atoms with E-state index < -0.39 is 42.2 Å². The predicted molar refractivity (Wildman–Crippen MR) is 138 cm³/mol. The Labute approximate surface area is 221 Å². The summed E-state index contributed by atoms with van der Waals surface area (Å²) >= 11 is 0. The summed E-state index contributed by atoms with van der Waals surface area (Å²) in [7, 11) is 0.428. The average molecular weight is 527 g/mol. The maximum atomic E-state index is 15.7. The molecule has 0 radical (unpaired) electrons. The lowest BCUT2D eigenvalue weighted by molar-refractivity contribution is -0.0241. The highest BCUT2D eigenvalue weighted by molar-refractivity contribution is 6.62. The molecule has 8 nitrogen and oxygen atoms in total. The minimum atomic E-state index is -0.902. The number of halogens is 2. The Balaban J connectivity index is 1.54. The molecule has 3 aromatic rings. The number of morpholine rings is 1. The number of rotatable bonds is 4. The molecule has 0 spiro atoms. The van der Waals surface area contributed by atoms with Crippen molar-refractivity contribution in [1.82, 2.24) is 14.3 Å². The molecule has 1 atom stereocenters. The Morgan fingerprint density at radius 1 is 1.16 bits per heavy atom. The van der Waals surface area contributed by atoms with Gasteiger partial charge in [-0.25, -0.2) is 18.6 Å². The quantitative estimate of drug-likeness (QED) is 0.480. The summed E-state index contributed by atoms with van der Waals surface area (Å²) in [5.74, 6) is -1.53. The molecule has 11 heteroatoms. The van der Waals surface area contributed by atoms with Gasteiger partial charge in [-0.1, -0.05) is 0 Å². The number of benzene rings is 1. The lowest BCUT2D eigenvalue weighted by Gasteiger charge is -2.32. The predicted octanol–water partition coefficient (Wildman–Crippen LogP) is 3.90. The molecule has 0 aliphatic carbocycles. The number of imidazole rings is 1. The van der Waals surface area contributed by atoms with Crippen molar-refractivity contribution in [3.8, 4) is 11.3 Å². The van der Waals surface area contributed by atoms with Crippen molar-refractivity contribution in [3.63, 3.8) is 0 Å². The van der Waals surface area contributed by atoms with Crippen LogP contribution in [0, 0.1) is 18.6 Å². The van der Waals surface area contributed by atoms with Gasteiger partial charge in [-0.3, -0.25) is 0 Å². The van der Waals surface area contributed by atoms with E-state index in [1.165, 1.54) is 19.2 Å². The number of carbonyl (C=O) groups is 1. The van der Waals surface area contributed by atoms with E-state index in [1.54, 1.807) is 4.90 Å². The smallest absolute Gasteiger partial charge is 0.453 e. The maximum absolute atomic E-state index is 15.7. The number of hydrogen-bond acceptors (Lipinski definition) is 6. The second kappa shape index (κ2) is 9.62. The molecular formula is C27H32BF2N3O5. The molecule has 1 aromatic carbocycles. The van der Waals surface area contributed by atoms with Crippen LogP contribution >= 0.6 is 0 Å². The summed E-state index contributed by atoms with van der Waals surface area (Å²) in [5, 5.41) is 0. The van der Waals surface area contributed by atoms with Gasteiger partial charge in [0, 0.05) is 19.2 Å². The first-order valence-electron chi connectivity index (χ1n) is 12.7. The van der Waals surface area contributed by atoms with Crippen LogP contribution in [-0.4, -0.2) is 71.6 Å². The van der Waals surface area contributed by atoms with Crippen LogP contribution in [0.4, 0.5) is 13.6 Å². The summed E-state index contributed by atoms with van der Waals surface area (Å²) in [5.41, 5.74) is 1.02. The third-order valence-corrected chi connectivity index (χ3v) is 7.70. The van der Waals surface area contributed by atoms with Crippen LogP contribution in [0.2, 0.25) is 0 Å². The standard InChI is InChI=1S/C27H32BF2N3O5/c1-16-7-8-33-21(14-18-15-32(9-10-36-18)25(34)35-6)24(31-22(33)11-16)23-19(29)12-17(13-20(23)30)28-37-26(2,3)27(4,5)38-28/h7-8,11-13,18H,9-10,14-15H2,1-6H3/t18-/m0/s1. The van der Waals surface area contributed by atoms with Gasteiger partial charge in [-0.05, 0) is 69.9 Å². The number of aryl methyl sites for hydroxylation is 1. The van der Waals surface area contributed by atoms with Crippen molar-refractivity contribution < 1.29 is 32.4 Å². The third-order valence-electron chi connectivity index (χ3n) is 7.70. The first-order chi connectivity index (χ1) is 17.9. The molecule has 5 rings (SSSR count). The fraction of sp³-hybridized carbons (Fsp3) is 0.481. The molecule has 202 valence electrons. The van der Waals surface area contributed by atoms with E-state index in [9.17, 15) is 4.79 Å². The zero-order valence-corrected chi connectivity index (χ0v) is 22.5. The van der Waals surface area contributed by atoms with E-state index in [1.807, 2.05) is 57.3 Å². The molecule has 0 saturated carbocycles. The van der Waals surface area contributed by atoms with E-state index >= 15 is 8.78 Å². The van der Waals surface area contributed by atoms with Crippen molar-refractivity contribution in [2.75, 3.05) is 26.8 Å². The summed E-state index contributed by atoms with van der Waals surface area (Å²) in [4.78, 5) is 18.3. The second-order valence-electron chi connectivity index (χ2n) is 10.9. The van der Waals surface area contributed by atoms with Crippen LogP contribution in [-0.2, 0) is 25.2 Å². The summed E-state index contributed by atoms with van der Waals surface area (Å²) in [6.07, 6.45) is 1.26. The lowest BCUT2D eigenvalue weighted by Crippen LogP contribution is -2.46. The van der Waals surface area contributed by atoms with E-state index in [0.29, 0.717) is 24.5 Å². The zero-order chi connectivity index (χ0) is 27.4. The van der Waals surface area contributed by atoms with E-state index in [2.05, 4.69) is 4.98 Å². The number of methoxy groups -OCH3 is 1. The van der Waals surface area contributed by atoms with E-state index in [4.69, 9.17) is 18.8 Å². The van der Waals surface area contributed by atoms with Crippen molar-refractivity contribution in [2.45, 2.75) is 58.3 Å². The van der Waals surface area contributed by atoms with Gasteiger partial charge in [0.25, 0.3) is 0 Å². The highest BCUT2D eigenvalue weighted by Crippen LogP contribution is 2.37. The van der Waals surface area contributed by atoms with E-state index in [0.717, 1.165) is 5.56 Å². The van der Waals surface area contributed by atoms with Crippen LogP contribution in [0.25, 0.3) is 16.9 Å². The van der Waals surface area contributed by atoms with Gasteiger partial charge >= 0.3 is 13.2 Å². The molecule has 1 amide bonds. The van der Waals surface area contributed by atoms with Crippen molar-refractivity contribution in [1.29, 1.82) is 0 Å². The number of carbonyl (C=O) groups excluding carboxylic acids is 1. The van der Waals surface area contributed by atoms with Gasteiger partial charge in [0.2, 0.25) is 0 Å². The lowest BCUT2D eigenvalue weighted by atomic mass is 9.78. The topological polar surface area (TPSA) is 74.5 Å². The number of amides is 1. The van der Waals surface area contributed by atoms with Gasteiger partial charge in [-0.15, -0.1) is 0 Å². The summed E-state index contributed by atoms with van der Waals surface area (Å²) < 4.78 is 56.0. The van der Waals surface area contributed by atoms with Crippen LogP contribution < -0.4 is 5.46 Å². The number of fused-ring (bicyclic) bond motifs is 1. The van der Waals surface area contributed by atoms with Gasteiger partial charge in [0.15, 0.2) is 0 Å². The molecular weight excluding hydrogens is 495 g/mol. The molecule has 0 bridgehead atoms. The van der Waals surface area contributed by atoms with Crippen LogP contribution in [0.5, 0.6) is 0 Å². The highest BCUT2D eigenvalue weighted by Gasteiger charge is 2.52. The molecule has 2 aromatic heterocycles. The molecule has 38 heavy (non-hydrogen) atoms.